The molecule has 0 bridgehead atoms. The van der Waals surface area contributed by atoms with Gasteiger partial charge < -0.3 is 20.4 Å². The van der Waals surface area contributed by atoms with E-state index in [4.69, 9.17) is 4.42 Å². The molecule has 3 heterocycles. The predicted molar refractivity (Wildman–Crippen MR) is 93.7 cm³/mol. The van der Waals surface area contributed by atoms with Gasteiger partial charge in [0.1, 0.15) is 0 Å². The minimum absolute atomic E-state index is 0.0740. The molecule has 6 nitrogen and oxygen atoms in total. The van der Waals surface area contributed by atoms with Gasteiger partial charge in [0, 0.05) is 12.1 Å². The Kier molecular flexibility index (Phi) is 5.01. The van der Waals surface area contributed by atoms with Crippen molar-refractivity contribution in [1.29, 1.82) is 0 Å². The molecule has 2 atom stereocenters. The smallest absolute Gasteiger partial charge is 0.291 e. The lowest BCUT2D eigenvalue weighted by Gasteiger charge is -2.28. The number of thiophene rings is 1. The highest BCUT2D eigenvalue weighted by atomic mass is 32.1. The number of rotatable bonds is 4. The summed E-state index contributed by atoms with van der Waals surface area (Å²) in [5.74, 6) is -0.147. The van der Waals surface area contributed by atoms with E-state index < -0.39 is 0 Å². The number of carbonyl (C=O) groups excluding carboxylic acids is 2. The fourth-order valence-corrected chi connectivity index (χ4v) is 3.84. The van der Waals surface area contributed by atoms with E-state index in [1.54, 1.807) is 12.1 Å². The van der Waals surface area contributed by atoms with Crippen molar-refractivity contribution in [2.45, 2.75) is 38.8 Å². The SMILES string of the molecule is Cc1cc(NC(=O)c2ccco2)sc1C(=O)NC1CCNC(C)C1. The molecule has 3 N–H and O–H groups in total. The Morgan fingerprint density at radius 1 is 1.38 bits per heavy atom. The van der Waals surface area contributed by atoms with Crippen LogP contribution in [0.1, 0.15) is 45.6 Å². The van der Waals surface area contributed by atoms with E-state index in [2.05, 4.69) is 22.9 Å². The third-order valence-corrected chi connectivity index (χ3v) is 5.22. The molecule has 2 aromatic rings. The van der Waals surface area contributed by atoms with E-state index in [0.29, 0.717) is 15.9 Å². The van der Waals surface area contributed by atoms with Gasteiger partial charge in [0.25, 0.3) is 11.8 Å². The normalized spacial score (nSPS) is 20.6. The first-order chi connectivity index (χ1) is 11.5. The van der Waals surface area contributed by atoms with Crippen molar-refractivity contribution < 1.29 is 14.0 Å². The van der Waals surface area contributed by atoms with E-state index in [1.165, 1.54) is 17.6 Å². The monoisotopic (exact) mass is 347 g/mol. The molecule has 128 valence electrons. The van der Waals surface area contributed by atoms with Gasteiger partial charge >= 0.3 is 0 Å². The molecule has 0 spiro atoms. The summed E-state index contributed by atoms with van der Waals surface area (Å²) < 4.78 is 5.07. The van der Waals surface area contributed by atoms with Crippen molar-refractivity contribution in [3.05, 3.63) is 40.7 Å². The Balaban J connectivity index is 1.65. The molecule has 0 radical (unpaired) electrons. The number of piperidine rings is 1. The number of aryl methyl sites for hydroxylation is 1. The van der Waals surface area contributed by atoms with Crippen LogP contribution in [0.25, 0.3) is 0 Å². The van der Waals surface area contributed by atoms with Gasteiger partial charge in [-0.15, -0.1) is 11.3 Å². The second-order valence-corrected chi connectivity index (χ2v) is 7.16. The Labute approximate surface area is 144 Å². The molecule has 7 heteroatoms. The molecule has 2 amide bonds. The second-order valence-electron chi connectivity index (χ2n) is 6.10. The molecular weight excluding hydrogens is 326 g/mol. The highest BCUT2D eigenvalue weighted by Gasteiger charge is 2.22. The van der Waals surface area contributed by atoms with Crippen LogP contribution in [0.4, 0.5) is 5.00 Å². The van der Waals surface area contributed by atoms with Crippen molar-refractivity contribution in [2.75, 3.05) is 11.9 Å². The molecule has 3 rings (SSSR count). The molecular formula is C17H21N3O3S. The zero-order chi connectivity index (χ0) is 17.1. The van der Waals surface area contributed by atoms with Crippen LogP contribution >= 0.6 is 11.3 Å². The lowest BCUT2D eigenvalue weighted by atomic mass is 10.0. The Bertz CT molecular complexity index is 724. The van der Waals surface area contributed by atoms with Gasteiger partial charge in [0.05, 0.1) is 16.1 Å². The van der Waals surface area contributed by atoms with Crippen molar-refractivity contribution in [2.24, 2.45) is 0 Å². The summed E-state index contributed by atoms with van der Waals surface area (Å²) >= 11 is 1.28. The van der Waals surface area contributed by atoms with Crippen LogP contribution in [0.5, 0.6) is 0 Å². The highest BCUT2D eigenvalue weighted by molar-refractivity contribution is 7.18. The average molecular weight is 347 g/mol. The van der Waals surface area contributed by atoms with Crippen molar-refractivity contribution >= 4 is 28.2 Å². The molecule has 1 aliphatic rings. The maximum atomic E-state index is 12.5. The number of hydrogen-bond acceptors (Lipinski definition) is 5. The van der Waals surface area contributed by atoms with Gasteiger partial charge in [-0.05, 0) is 57.0 Å². The fourth-order valence-electron chi connectivity index (χ4n) is 2.86. The number of anilines is 1. The molecule has 1 fully saturated rings. The van der Waals surface area contributed by atoms with Crippen LogP contribution in [0.2, 0.25) is 0 Å². The van der Waals surface area contributed by atoms with Crippen LogP contribution in [-0.4, -0.2) is 30.4 Å². The molecule has 0 saturated carbocycles. The summed E-state index contributed by atoms with van der Waals surface area (Å²) in [4.78, 5) is 25.2. The number of carbonyl (C=O) groups is 2. The number of nitrogens with one attached hydrogen (secondary N) is 3. The van der Waals surface area contributed by atoms with E-state index in [1.807, 2.05) is 13.0 Å². The van der Waals surface area contributed by atoms with Gasteiger partial charge in [-0.1, -0.05) is 0 Å². The molecule has 1 saturated heterocycles. The lowest BCUT2D eigenvalue weighted by Crippen LogP contribution is -2.46. The second kappa shape index (κ2) is 7.19. The van der Waals surface area contributed by atoms with Gasteiger partial charge in [-0.25, -0.2) is 0 Å². The van der Waals surface area contributed by atoms with Crippen molar-refractivity contribution in [3.63, 3.8) is 0 Å². The van der Waals surface area contributed by atoms with Crippen molar-refractivity contribution in [3.8, 4) is 0 Å². The van der Waals surface area contributed by atoms with Crippen LogP contribution in [0, 0.1) is 6.92 Å². The molecule has 1 aliphatic heterocycles. The third kappa shape index (κ3) is 3.85. The maximum Gasteiger partial charge on any atom is 0.291 e. The average Bonchev–Trinajstić information content (AvgIpc) is 3.17. The first-order valence-corrected chi connectivity index (χ1v) is 8.84. The van der Waals surface area contributed by atoms with Crippen LogP contribution in [0.15, 0.2) is 28.9 Å². The molecule has 2 unspecified atom stereocenters. The third-order valence-electron chi connectivity index (χ3n) is 4.06. The first-order valence-electron chi connectivity index (χ1n) is 8.02. The molecule has 24 heavy (non-hydrogen) atoms. The zero-order valence-electron chi connectivity index (χ0n) is 13.7. The molecule has 0 aromatic carbocycles. The van der Waals surface area contributed by atoms with Crippen LogP contribution in [-0.2, 0) is 0 Å². The standard InChI is InChI=1S/C17H21N3O3S/c1-10-8-14(20-16(21)13-4-3-7-23-13)24-15(10)17(22)19-12-5-6-18-11(2)9-12/h3-4,7-8,11-12,18H,5-6,9H2,1-2H3,(H,19,22)(H,20,21). The summed E-state index contributed by atoms with van der Waals surface area (Å²) in [7, 11) is 0. The van der Waals surface area contributed by atoms with Crippen LogP contribution in [0.3, 0.4) is 0 Å². The van der Waals surface area contributed by atoms with Crippen LogP contribution < -0.4 is 16.0 Å². The topological polar surface area (TPSA) is 83.4 Å². The Hall–Kier alpha value is -2.12. The maximum absolute atomic E-state index is 12.5. The largest absolute Gasteiger partial charge is 0.459 e. The summed E-state index contributed by atoms with van der Waals surface area (Å²) in [6.45, 7) is 4.91. The van der Waals surface area contributed by atoms with Gasteiger partial charge in [-0.3, -0.25) is 9.59 Å². The summed E-state index contributed by atoms with van der Waals surface area (Å²) in [6.07, 6.45) is 3.31. The molecule has 0 aliphatic carbocycles. The van der Waals surface area contributed by atoms with E-state index in [9.17, 15) is 9.59 Å². The summed E-state index contributed by atoms with van der Waals surface area (Å²) in [5, 5.41) is 9.87. The number of hydrogen-bond donors (Lipinski definition) is 3. The quantitative estimate of drug-likeness (QED) is 0.794. The van der Waals surface area contributed by atoms with Crippen molar-refractivity contribution in [1.82, 2.24) is 10.6 Å². The number of furan rings is 1. The van der Waals surface area contributed by atoms with E-state index >= 15 is 0 Å². The predicted octanol–water partition coefficient (Wildman–Crippen LogP) is 2.77. The van der Waals surface area contributed by atoms with Gasteiger partial charge in [0.2, 0.25) is 0 Å². The lowest BCUT2D eigenvalue weighted by molar-refractivity contribution is 0.0928. The van der Waals surface area contributed by atoms with E-state index in [0.717, 1.165) is 24.9 Å². The number of amides is 2. The highest BCUT2D eigenvalue weighted by Crippen LogP contribution is 2.27. The van der Waals surface area contributed by atoms with Gasteiger partial charge in [-0.2, -0.15) is 0 Å². The summed E-state index contributed by atoms with van der Waals surface area (Å²) in [5.41, 5.74) is 0.856. The first kappa shape index (κ1) is 16.7. The minimum Gasteiger partial charge on any atom is -0.459 e. The Morgan fingerprint density at radius 3 is 2.92 bits per heavy atom. The fraction of sp³-hybridized carbons (Fsp3) is 0.412. The zero-order valence-corrected chi connectivity index (χ0v) is 14.5. The van der Waals surface area contributed by atoms with E-state index in [-0.39, 0.29) is 23.6 Å². The summed E-state index contributed by atoms with van der Waals surface area (Å²) in [6, 6.07) is 5.67. The molecule has 2 aromatic heterocycles. The van der Waals surface area contributed by atoms with Gasteiger partial charge in [0.15, 0.2) is 5.76 Å². The minimum atomic E-state index is -0.319. The Morgan fingerprint density at radius 2 is 2.21 bits per heavy atom.